The molecule has 3 fully saturated rings. The van der Waals surface area contributed by atoms with Gasteiger partial charge in [0.25, 0.3) is 0 Å². The van der Waals surface area contributed by atoms with Crippen molar-refractivity contribution < 1.29 is 24.2 Å². The predicted molar refractivity (Wildman–Crippen MR) is 166 cm³/mol. The second-order valence-electron chi connectivity index (χ2n) is 12.2. The lowest BCUT2D eigenvalue weighted by molar-refractivity contribution is -0.143. The lowest BCUT2D eigenvalue weighted by Gasteiger charge is -2.32. The van der Waals surface area contributed by atoms with Crippen molar-refractivity contribution in [3.05, 3.63) is 75.3 Å². The van der Waals surface area contributed by atoms with E-state index in [0.29, 0.717) is 19.6 Å². The summed E-state index contributed by atoms with van der Waals surface area (Å²) in [5.74, 6) is 0.344. The maximum atomic E-state index is 13.9. The molecule has 4 aliphatic rings. The maximum Gasteiger partial charge on any atom is 0.234 e. The van der Waals surface area contributed by atoms with Gasteiger partial charge in [0.2, 0.25) is 11.8 Å². The van der Waals surface area contributed by atoms with Crippen molar-refractivity contribution >= 4 is 33.8 Å². The van der Waals surface area contributed by atoms with Crippen LogP contribution in [0.15, 0.2) is 69.7 Å². The van der Waals surface area contributed by atoms with Gasteiger partial charge in [0.1, 0.15) is 18.1 Å². The summed E-state index contributed by atoms with van der Waals surface area (Å²) in [6.07, 6.45) is 10.1. The number of rotatable bonds is 9. The molecule has 0 unspecified atom stereocenters. The number of likely N-dealkylation sites (tertiary alicyclic amines) is 1. The second-order valence-corrected chi connectivity index (χ2v) is 13.1. The molecule has 0 bridgehead atoms. The van der Waals surface area contributed by atoms with Crippen LogP contribution in [0.5, 0.6) is 11.5 Å². The highest BCUT2D eigenvalue weighted by Crippen LogP contribution is 2.51. The number of hydrogen-bond acceptors (Lipinski definition) is 5. The van der Waals surface area contributed by atoms with E-state index in [-0.39, 0.29) is 47.5 Å². The lowest BCUT2D eigenvalue weighted by Crippen LogP contribution is -2.42. The molecular formula is C35H40BrNO5. The van der Waals surface area contributed by atoms with Gasteiger partial charge in [0.15, 0.2) is 0 Å². The summed E-state index contributed by atoms with van der Waals surface area (Å²) < 4.78 is 13.6. The number of aromatic hydroxyl groups is 1. The van der Waals surface area contributed by atoms with Gasteiger partial charge in [0.05, 0.1) is 24.5 Å². The van der Waals surface area contributed by atoms with Crippen LogP contribution in [0.4, 0.5) is 0 Å². The SMILES string of the molecule is CC/C(=C\c1cc(Br)ccc1O)CC[C@H]1OC[C@H]2C1=C(COc1ccccc1)C[C@H]1C(=O)N(C3CCCCC3)C(=O)[C@H]12. The van der Waals surface area contributed by atoms with E-state index in [0.717, 1.165) is 66.3 Å². The van der Waals surface area contributed by atoms with Crippen molar-refractivity contribution in [2.45, 2.75) is 76.9 Å². The van der Waals surface area contributed by atoms with Gasteiger partial charge in [-0.25, -0.2) is 0 Å². The minimum absolute atomic E-state index is 0.0154. The molecule has 2 saturated heterocycles. The van der Waals surface area contributed by atoms with Crippen molar-refractivity contribution in [1.82, 2.24) is 4.90 Å². The van der Waals surface area contributed by atoms with Gasteiger partial charge in [-0.05, 0) is 80.0 Å². The first-order valence-corrected chi connectivity index (χ1v) is 16.3. The van der Waals surface area contributed by atoms with Crippen LogP contribution in [0.25, 0.3) is 6.08 Å². The summed E-state index contributed by atoms with van der Waals surface area (Å²) in [6.45, 7) is 2.99. The van der Waals surface area contributed by atoms with Gasteiger partial charge >= 0.3 is 0 Å². The number of nitrogens with zero attached hydrogens (tertiary/aromatic N) is 1. The Labute approximate surface area is 256 Å². The lowest BCUT2D eigenvalue weighted by atomic mass is 9.69. The van der Waals surface area contributed by atoms with Crippen molar-refractivity contribution in [3.63, 3.8) is 0 Å². The van der Waals surface area contributed by atoms with Crippen LogP contribution in [0.2, 0.25) is 0 Å². The number of carbonyl (C=O) groups excluding carboxylic acids is 2. The zero-order valence-electron chi connectivity index (χ0n) is 24.3. The normalized spacial score (nSPS) is 26.5. The molecule has 0 aromatic heterocycles. The highest BCUT2D eigenvalue weighted by Gasteiger charge is 2.58. The molecule has 42 heavy (non-hydrogen) atoms. The van der Waals surface area contributed by atoms with Crippen LogP contribution in [0.3, 0.4) is 0 Å². The number of phenols is 1. The fourth-order valence-corrected chi connectivity index (χ4v) is 7.92. The molecule has 4 atom stereocenters. The first-order valence-electron chi connectivity index (χ1n) is 15.5. The average molecular weight is 635 g/mol. The first kappa shape index (κ1) is 29.2. The number of halogens is 1. The number of imide groups is 1. The topological polar surface area (TPSA) is 76.1 Å². The van der Waals surface area contributed by atoms with Gasteiger partial charge in [-0.2, -0.15) is 0 Å². The Bertz CT molecular complexity index is 1380. The molecule has 2 aromatic carbocycles. The predicted octanol–water partition coefficient (Wildman–Crippen LogP) is 7.46. The van der Waals surface area contributed by atoms with Crippen LogP contribution >= 0.6 is 15.9 Å². The highest BCUT2D eigenvalue weighted by atomic mass is 79.9. The van der Waals surface area contributed by atoms with Crippen molar-refractivity contribution in [1.29, 1.82) is 0 Å². The van der Waals surface area contributed by atoms with Crippen molar-refractivity contribution in [3.8, 4) is 11.5 Å². The number of para-hydroxylation sites is 1. The minimum atomic E-state index is -0.334. The molecule has 6 nitrogen and oxygen atoms in total. The average Bonchev–Trinajstić information content (AvgIpc) is 3.54. The quantitative estimate of drug-likeness (QED) is 0.229. The Morgan fingerprint density at radius 2 is 1.86 bits per heavy atom. The van der Waals surface area contributed by atoms with Crippen LogP contribution in [0.1, 0.15) is 70.3 Å². The fourth-order valence-electron chi connectivity index (χ4n) is 7.54. The molecule has 2 heterocycles. The number of allylic oxidation sites excluding steroid dienone is 1. The summed E-state index contributed by atoms with van der Waals surface area (Å²) >= 11 is 3.50. The Hall–Kier alpha value is -2.90. The highest BCUT2D eigenvalue weighted by molar-refractivity contribution is 9.10. The first-order chi connectivity index (χ1) is 20.4. The van der Waals surface area contributed by atoms with E-state index in [4.69, 9.17) is 9.47 Å². The zero-order chi connectivity index (χ0) is 29.2. The number of carbonyl (C=O) groups is 2. The van der Waals surface area contributed by atoms with Crippen molar-refractivity contribution in [2.75, 3.05) is 13.2 Å². The van der Waals surface area contributed by atoms with E-state index < -0.39 is 0 Å². The number of ether oxygens (including phenoxy) is 2. The van der Waals surface area contributed by atoms with Gasteiger partial charge < -0.3 is 14.6 Å². The summed E-state index contributed by atoms with van der Waals surface area (Å²) in [7, 11) is 0. The molecule has 0 spiro atoms. The molecule has 1 N–H and O–H groups in total. The third-order valence-corrected chi connectivity index (χ3v) is 10.2. The molecule has 6 rings (SSSR count). The smallest absolute Gasteiger partial charge is 0.234 e. The van der Waals surface area contributed by atoms with E-state index in [1.54, 1.807) is 11.0 Å². The zero-order valence-corrected chi connectivity index (χ0v) is 25.9. The third kappa shape index (κ3) is 5.83. The maximum absolute atomic E-state index is 13.9. The Morgan fingerprint density at radius 1 is 1.07 bits per heavy atom. The molecule has 2 aromatic rings. The van der Waals surface area contributed by atoms with E-state index >= 15 is 0 Å². The summed E-state index contributed by atoms with van der Waals surface area (Å²) in [4.78, 5) is 29.4. The van der Waals surface area contributed by atoms with Crippen molar-refractivity contribution in [2.24, 2.45) is 17.8 Å². The Morgan fingerprint density at radius 3 is 2.62 bits per heavy atom. The molecule has 1 saturated carbocycles. The van der Waals surface area contributed by atoms with Crippen LogP contribution < -0.4 is 4.74 Å². The molecule has 2 aliphatic carbocycles. The standard InChI is InChI=1S/C35H40BrNO5/c1-2-22(17-23-18-25(36)14-15-30(23)38)13-16-31-32-24(20-41-27-11-7-4-8-12-27)19-28-33(29(32)21-42-31)35(40)37(34(28)39)26-9-5-3-6-10-26/h4,7-8,11-12,14-15,17-18,26,28-29,31,33,38H,2-3,5-6,9-10,13,16,19-21H2,1H3/b22-17+/t28-,29+,31-,33-/m1/s1. The number of phenolic OH excluding ortho intramolecular Hbond substituents is 1. The van der Waals surface area contributed by atoms with Gasteiger partial charge in [0, 0.05) is 22.0 Å². The van der Waals surface area contributed by atoms with Crippen LogP contribution in [0, 0.1) is 17.8 Å². The molecule has 2 aliphatic heterocycles. The van der Waals surface area contributed by atoms with Gasteiger partial charge in [-0.1, -0.05) is 72.0 Å². The van der Waals surface area contributed by atoms with E-state index in [9.17, 15) is 14.7 Å². The van der Waals surface area contributed by atoms with E-state index in [1.807, 2.05) is 42.5 Å². The van der Waals surface area contributed by atoms with E-state index in [1.165, 1.54) is 17.6 Å². The second kappa shape index (κ2) is 12.8. The Kier molecular flexibility index (Phi) is 8.87. The number of hydrogen-bond donors (Lipinski definition) is 1. The monoisotopic (exact) mass is 633 g/mol. The van der Waals surface area contributed by atoms with E-state index in [2.05, 4.69) is 28.9 Å². The van der Waals surface area contributed by atoms with Crippen LogP contribution in [-0.2, 0) is 14.3 Å². The van der Waals surface area contributed by atoms with Crippen LogP contribution in [-0.4, -0.2) is 47.2 Å². The Balaban J connectivity index is 1.26. The molecule has 2 amide bonds. The largest absolute Gasteiger partial charge is 0.507 e. The number of benzene rings is 2. The number of amides is 2. The molecular weight excluding hydrogens is 594 g/mol. The summed E-state index contributed by atoms with van der Waals surface area (Å²) in [6, 6.07) is 15.3. The molecule has 222 valence electrons. The minimum Gasteiger partial charge on any atom is -0.507 e. The molecule has 7 heteroatoms. The van der Waals surface area contributed by atoms with Gasteiger partial charge in [-0.15, -0.1) is 0 Å². The van der Waals surface area contributed by atoms with Gasteiger partial charge in [-0.3, -0.25) is 14.5 Å². The summed E-state index contributed by atoms with van der Waals surface area (Å²) in [5.41, 5.74) is 4.31. The fraction of sp³-hybridized carbons (Fsp3) is 0.486. The molecule has 0 radical (unpaired) electrons. The number of fused-ring (bicyclic) bond motifs is 3. The third-order valence-electron chi connectivity index (χ3n) is 9.67. The summed E-state index contributed by atoms with van der Waals surface area (Å²) in [5, 5.41) is 10.4.